The normalized spacial score (nSPS) is 10.7. The van der Waals surface area contributed by atoms with Gasteiger partial charge in [0.25, 0.3) is 0 Å². The molecule has 84 valence electrons. The molecule has 16 heavy (non-hydrogen) atoms. The predicted octanol–water partition coefficient (Wildman–Crippen LogP) is 3.25. The Hall–Kier alpha value is -0.880. The lowest BCUT2D eigenvalue weighted by Gasteiger charge is -2.03. The second-order valence-corrected chi connectivity index (χ2v) is 4.67. The first-order chi connectivity index (χ1) is 7.65. The largest absolute Gasteiger partial charge is 0.457 e. The third kappa shape index (κ3) is 1.87. The zero-order chi connectivity index (χ0) is 11.7. The molecule has 0 atom stereocenters. The second kappa shape index (κ2) is 4.55. The molecule has 0 bridgehead atoms. The van der Waals surface area contributed by atoms with Crippen LogP contribution in [0.3, 0.4) is 0 Å². The van der Waals surface area contributed by atoms with Crippen molar-refractivity contribution in [3.8, 4) is 0 Å². The van der Waals surface area contributed by atoms with E-state index in [1.54, 1.807) is 16.9 Å². The predicted molar refractivity (Wildman–Crippen MR) is 65.4 cm³/mol. The number of ketones is 1. The van der Waals surface area contributed by atoms with Crippen LogP contribution >= 0.6 is 31.9 Å². The van der Waals surface area contributed by atoms with E-state index in [1.807, 2.05) is 6.92 Å². The molecule has 0 radical (unpaired) electrons. The number of carbonyl (C=O) groups excluding carboxylic acids is 1. The second-order valence-electron chi connectivity index (χ2n) is 3.09. The Morgan fingerprint density at radius 2 is 2.31 bits per heavy atom. The van der Waals surface area contributed by atoms with Gasteiger partial charge in [-0.3, -0.25) is 9.48 Å². The number of nitrogens with zero attached hydrogens (tertiary/aromatic N) is 2. The number of hydrogen-bond acceptors (Lipinski definition) is 3. The summed E-state index contributed by atoms with van der Waals surface area (Å²) in [4.78, 5) is 12.2. The minimum atomic E-state index is -0.119. The lowest BCUT2D eigenvalue weighted by Crippen LogP contribution is -2.10. The first kappa shape index (κ1) is 11.6. The highest BCUT2D eigenvalue weighted by molar-refractivity contribution is 9.10. The maximum Gasteiger partial charge on any atom is 0.216 e. The Balaban J connectivity index is 2.49. The minimum absolute atomic E-state index is 0.119. The summed E-state index contributed by atoms with van der Waals surface area (Å²) in [6, 6.07) is 1.63. The van der Waals surface area contributed by atoms with E-state index in [1.165, 1.54) is 6.26 Å². The molecule has 0 unspecified atom stereocenters. The Kier molecular flexibility index (Phi) is 3.30. The van der Waals surface area contributed by atoms with Crippen LogP contribution in [-0.2, 0) is 6.54 Å². The number of aromatic nitrogens is 2. The maximum atomic E-state index is 12.2. The molecule has 0 aliphatic carbocycles. The maximum absolute atomic E-state index is 12.2. The molecular weight excluding hydrogens is 340 g/mol. The fourth-order valence-electron chi connectivity index (χ4n) is 1.41. The fourth-order valence-corrected chi connectivity index (χ4v) is 2.31. The van der Waals surface area contributed by atoms with Crippen LogP contribution in [0.1, 0.15) is 23.0 Å². The van der Waals surface area contributed by atoms with Crippen LogP contribution in [0.15, 0.2) is 32.1 Å². The molecule has 4 nitrogen and oxygen atoms in total. The summed E-state index contributed by atoms with van der Waals surface area (Å²) in [5.74, 6) is -0.119. The topological polar surface area (TPSA) is 48.0 Å². The lowest BCUT2D eigenvalue weighted by molar-refractivity contribution is 0.102. The zero-order valence-corrected chi connectivity index (χ0v) is 11.6. The van der Waals surface area contributed by atoms with Crippen LogP contribution in [-0.4, -0.2) is 15.6 Å². The van der Waals surface area contributed by atoms with Crippen molar-refractivity contribution in [1.29, 1.82) is 0 Å². The van der Waals surface area contributed by atoms with E-state index in [0.717, 1.165) is 0 Å². The molecule has 0 aromatic carbocycles. The van der Waals surface area contributed by atoms with E-state index >= 15 is 0 Å². The van der Waals surface area contributed by atoms with Crippen LogP contribution in [0.5, 0.6) is 0 Å². The summed E-state index contributed by atoms with van der Waals surface area (Å²) in [7, 11) is 0. The van der Waals surface area contributed by atoms with Crippen molar-refractivity contribution >= 4 is 37.6 Å². The summed E-state index contributed by atoms with van der Waals surface area (Å²) in [5.41, 5.74) is 1.03. The van der Waals surface area contributed by atoms with Gasteiger partial charge in [-0.2, -0.15) is 5.10 Å². The quantitative estimate of drug-likeness (QED) is 0.801. The van der Waals surface area contributed by atoms with Crippen molar-refractivity contribution in [2.45, 2.75) is 13.5 Å². The summed E-state index contributed by atoms with van der Waals surface area (Å²) in [6.45, 7) is 2.57. The van der Waals surface area contributed by atoms with Gasteiger partial charge in [0, 0.05) is 6.54 Å². The van der Waals surface area contributed by atoms with Crippen molar-refractivity contribution in [2.75, 3.05) is 0 Å². The summed E-state index contributed by atoms with van der Waals surface area (Å²) in [5, 5.41) is 4.10. The van der Waals surface area contributed by atoms with Crippen molar-refractivity contribution in [2.24, 2.45) is 0 Å². The Morgan fingerprint density at radius 3 is 2.88 bits per heavy atom. The number of rotatable bonds is 3. The molecular formula is C10H8Br2N2O2. The molecule has 0 saturated heterocycles. The van der Waals surface area contributed by atoms with Crippen LogP contribution in [0.25, 0.3) is 0 Å². The summed E-state index contributed by atoms with van der Waals surface area (Å²) >= 11 is 6.51. The van der Waals surface area contributed by atoms with Gasteiger partial charge < -0.3 is 4.42 Å². The van der Waals surface area contributed by atoms with Crippen LogP contribution < -0.4 is 0 Å². The molecule has 0 aliphatic heterocycles. The molecule has 2 aromatic rings. The molecule has 0 N–H and O–H groups in total. The molecule has 2 heterocycles. The lowest BCUT2D eigenvalue weighted by atomic mass is 10.1. The third-order valence-electron chi connectivity index (χ3n) is 2.17. The third-order valence-corrected chi connectivity index (χ3v) is 3.37. The molecule has 0 saturated carbocycles. The first-order valence-electron chi connectivity index (χ1n) is 4.64. The minimum Gasteiger partial charge on any atom is -0.457 e. The van der Waals surface area contributed by atoms with E-state index in [0.29, 0.717) is 26.9 Å². The Morgan fingerprint density at radius 1 is 1.56 bits per heavy atom. The molecule has 2 rings (SSSR count). The molecule has 6 heteroatoms. The van der Waals surface area contributed by atoms with Crippen molar-refractivity contribution < 1.29 is 9.21 Å². The monoisotopic (exact) mass is 346 g/mol. The highest BCUT2D eigenvalue weighted by Gasteiger charge is 2.21. The van der Waals surface area contributed by atoms with Gasteiger partial charge >= 0.3 is 0 Å². The van der Waals surface area contributed by atoms with E-state index < -0.39 is 0 Å². The van der Waals surface area contributed by atoms with Crippen LogP contribution in [0, 0.1) is 0 Å². The fraction of sp³-hybridized carbons (Fsp3) is 0.200. The van der Waals surface area contributed by atoms with E-state index in [2.05, 4.69) is 37.0 Å². The van der Waals surface area contributed by atoms with E-state index in [4.69, 9.17) is 4.42 Å². The number of aryl methyl sites for hydroxylation is 1. The molecule has 2 aromatic heterocycles. The number of hydrogen-bond donors (Lipinski definition) is 0. The number of furan rings is 1. The van der Waals surface area contributed by atoms with Gasteiger partial charge in [-0.1, -0.05) is 0 Å². The van der Waals surface area contributed by atoms with Gasteiger partial charge in [0.2, 0.25) is 5.78 Å². The molecule has 0 spiro atoms. The first-order valence-corrected chi connectivity index (χ1v) is 6.22. The Bertz CT molecular complexity index is 531. The standard InChI is InChI=1S/C10H8Br2N2O2/c1-2-14-8(7(11)5-13-14)9(15)6-3-4-16-10(6)12/h3-5H,2H2,1H3. The van der Waals surface area contributed by atoms with E-state index in [9.17, 15) is 4.79 Å². The van der Waals surface area contributed by atoms with Gasteiger partial charge in [-0.05, 0) is 44.8 Å². The molecule has 0 amide bonds. The van der Waals surface area contributed by atoms with Crippen molar-refractivity contribution in [3.63, 3.8) is 0 Å². The highest BCUT2D eigenvalue weighted by atomic mass is 79.9. The molecule has 0 fully saturated rings. The van der Waals surface area contributed by atoms with Gasteiger partial charge in [0.15, 0.2) is 4.67 Å². The Labute approximate surface area is 109 Å². The summed E-state index contributed by atoms with van der Waals surface area (Å²) < 4.78 is 7.82. The van der Waals surface area contributed by atoms with Crippen molar-refractivity contribution in [1.82, 2.24) is 9.78 Å². The number of halogens is 2. The van der Waals surface area contributed by atoms with Gasteiger partial charge in [-0.15, -0.1) is 0 Å². The summed E-state index contributed by atoms with van der Waals surface area (Å²) in [6.07, 6.45) is 3.09. The van der Waals surface area contributed by atoms with Crippen LogP contribution in [0.2, 0.25) is 0 Å². The smallest absolute Gasteiger partial charge is 0.216 e. The highest BCUT2D eigenvalue weighted by Crippen LogP contribution is 2.25. The van der Waals surface area contributed by atoms with Crippen LogP contribution in [0.4, 0.5) is 0 Å². The van der Waals surface area contributed by atoms with Gasteiger partial charge in [-0.25, -0.2) is 0 Å². The molecule has 0 aliphatic rings. The van der Waals surface area contributed by atoms with Gasteiger partial charge in [0.05, 0.1) is 22.5 Å². The SMILES string of the molecule is CCn1ncc(Br)c1C(=O)c1ccoc1Br. The van der Waals surface area contributed by atoms with E-state index in [-0.39, 0.29) is 5.78 Å². The van der Waals surface area contributed by atoms with Crippen molar-refractivity contribution in [3.05, 3.63) is 38.9 Å². The average molecular weight is 348 g/mol. The van der Waals surface area contributed by atoms with Gasteiger partial charge in [0.1, 0.15) is 5.69 Å². The average Bonchev–Trinajstić information content (AvgIpc) is 2.83. The number of carbonyl (C=O) groups is 1. The zero-order valence-electron chi connectivity index (χ0n) is 8.41.